The quantitative estimate of drug-likeness (QED) is 0.786. The molecular formula is C14H26N2O. The van der Waals surface area contributed by atoms with Crippen LogP contribution in [0.3, 0.4) is 0 Å². The summed E-state index contributed by atoms with van der Waals surface area (Å²) in [7, 11) is 0. The molecule has 2 fully saturated rings. The predicted molar refractivity (Wildman–Crippen MR) is 69.7 cm³/mol. The zero-order chi connectivity index (χ0) is 12.5. The van der Waals surface area contributed by atoms with Crippen LogP contribution < -0.4 is 10.6 Å². The van der Waals surface area contributed by atoms with Crippen LogP contribution >= 0.6 is 0 Å². The number of nitrogens with one attached hydrogen (secondary N) is 2. The van der Waals surface area contributed by atoms with E-state index in [1.807, 2.05) is 0 Å². The van der Waals surface area contributed by atoms with Crippen molar-refractivity contribution < 1.29 is 4.79 Å². The average Bonchev–Trinajstić information content (AvgIpc) is 3.08. The van der Waals surface area contributed by atoms with Crippen molar-refractivity contribution in [1.82, 2.24) is 10.6 Å². The molecule has 0 unspecified atom stereocenters. The number of piperidine rings is 1. The van der Waals surface area contributed by atoms with Crippen LogP contribution in [0.4, 0.5) is 0 Å². The Morgan fingerprint density at radius 3 is 2.29 bits per heavy atom. The number of hydrogen-bond donors (Lipinski definition) is 2. The Labute approximate surface area is 105 Å². The minimum atomic E-state index is -0.141. The molecule has 0 spiro atoms. The molecular weight excluding hydrogens is 212 g/mol. The second kappa shape index (κ2) is 4.60. The first-order chi connectivity index (χ1) is 7.99. The van der Waals surface area contributed by atoms with E-state index in [1.165, 1.54) is 12.8 Å². The molecule has 3 heteroatoms. The maximum atomic E-state index is 12.3. The summed E-state index contributed by atoms with van der Waals surface area (Å²) in [6.45, 7) is 9.47. The Kier molecular flexibility index (Phi) is 3.48. The summed E-state index contributed by atoms with van der Waals surface area (Å²) in [5.41, 5.74) is 0.275. The molecule has 1 heterocycles. The highest BCUT2D eigenvalue weighted by molar-refractivity contribution is 5.82. The molecule has 2 N–H and O–H groups in total. The lowest BCUT2D eigenvalue weighted by molar-refractivity contribution is -0.131. The topological polar surface area (TPSA) is 41.1 Å². The van der Waals surface area contributed by atoms with Crippen molar-refractivity contribution in [3.05, 3.63) is 0 Å². The van der Waals surface area contributed by atoms with Crippen LogP contribution in [-0.4, -0.2) is 25.5 Å². The first-order valence-electron chi connectivity index (χ1n) is 6.98. The van der Waals surface area contributed by atoms with E-state index in [1.54, 1.807) is 0 Å². The lowest BCUT2D eigenvalue weighted by Gasteiger charge is -2.33. The van der Waals surface area contributed by atoms with Crippen LogP contribution in [0.2, 0.25) is 0 Å². The standard InChI is InChI=1S/C14H26N2O/c1-11(2)14(4-5-14)10-16-12(17)13(3)6-8-15-9-7-13/h11,15H,4-10H2,1-3H3,(H,16,17). The van der Waals surface area contributed by atoms with Gasteiger partial charge in [0, 0.05) is 12.0 Å². The highest BCUT2D eigenvalue weighted by Gasteiger charge is 2.46. The summed E-state index contributed by atoms with van der Waals surface area (Å²) in [5, 5.41) is 6.53. The smallest absolute Gasteiger partial charge is 0.226 e. The predicted octanol–water partition coefficient (Wildman–Crippen LogP) is 1.93. The van der Waals surface area contributed by atoms with Crippen molar-refractivity contribution in [3.63, 3.8) is 0 Å². The molecule has 0 aromatic rings. The first kappa shape index (κ1) is 12.9. The normalized spacial score (nSPS) is 25.6. The van der Waals surface area contributed by atoms with Crippen LogP contribution in [0.15, 0.2) is 0 Å². The van der Waals surface area contributed by atoms with E-state index in [9.17, 15) is 4.79 Å². The van der Waals surface area contributed by atoms with E-state index in [-0.39, 0.29) is 11.3 Å². The SMILES string of the molecule is CC(C)C1(CNC(=O)C2(C)CCNCC2)CC1. The highest BCUT2D eigenvalue weighted by Crippen LogP contribution is 2.51. The Morgan fingerprint density at radius 1 is 1.24 bits per heavy atom. The molecule has 3 nitrogen and oxygen atoms in total. The molecule has 0 radical (unpaired) electrons. The number of carbonyl (C=O) groups excluding carboxylic acids is 1. The van der Waals surface area contributed by atoms with Gasteiger partial charge in [-0.05, 0) is 50.1 Å². The van der Waals surface area contributed by atoms with Gasteiger partial charge in [0.25, 0.3) is 0 Å². The van der Waals surface area contributed by atoms with Gasteiger partial charge in [0.2, 0.25) is 5.91 Å². The van der Waals surface area contributed by atoms with E-state index in [0.717, 1.165) is 32.5 Å². The van der Waals surface area contributed by atoms with Gasteiger partial charge in [0.1, 0.15) is 0 Å². The minimum absolute atomic E-state index is 0.141. The third-order valence-electron chi connectivity index (χ3n) is 4.97. The maximum Gasteiger partial charge on any atom is 0.226 e. The fraction of sp³-hybridized carbons (Fsp3) is 0.929. The van der Waals surface area contributed by atoms with Gasteiger partial charge in [-0.2, -0.15) is 0 Å². The van der Waals surface area contributed by atoms with E-state index < -0.39 is 0 Å². The van der Waals surface area contributed by atoms with Crippen molar-refractivity contribution >= 4 is 5.91 Å². The summed E-state index contributed by atoms with van der Waals surface area (Å²) in [6, 6.07) is 0. The van der Waals surface area contributed by atoms with Gasteiger partial charge in [0.15, 0.2) is 0 Å². The van der Waals surface area contributed by atoms with Crippen molar-refractivity contribution in [2.24, 2.45) is 16.7 Å². The van der Waals surface area contributed by atoms with Gasteiger partial charge in [-0.1, -0.05) is 20.8 Å². The van der Waals surface area contributed by atoms with E-state index in [0.29, 0.717) is 11.3 Å². The molecule has 1 saturated carbocycles. The van der Waals surface area contributed by atoms with Gasteiger partial charge in [-0.15, -0.1) is 0 Å². The Bertz CT molecular complexity index is 289. The molecule has 0 atom stereocenters. The molecule has 0 bridgehead atoms. The summed E-state index contributed by atoms with van der Waals surface area (Å²) >= 11 is 0. The number of amides is 1. The van der Waals surface area contributed by atoms with Gasteiger partial charge in [-0.25, -0.2) is 0 Å². The average molecular weight is 238 g/mol. The van der Waals surface area contributed by atoms with Crippen LogP contribution in [0, 0.1) is 16.7 Å². The Hall–Kier alpha value is -0.570. The van der Waals surface area contributed by atoms with Crippen molar-refractivity contribution in [2.45, 2.75) is 46.5 Å². The summed E-state index contributed by atoms with van der Waals surface area (Å²) in [5.74, 6) is 0.953. The van der Waals surface area contributed by atoms with Crippen molar-refractivity contribution in [2.75, 3.05) is 19.6 Å². The monoisotopic (exact) mass is 238 g/mol. The third-order valence-corrected chi connectivity index (χ3v) is 4.97. The van der Waals surface area contributed by atoms with Crippen molar-refractivity contribution in [1.29, 1.82) is 0 Å². The minimum Gasteiger partial charge on any atom is -0.355 e. The molecule has 17 heavy (non-hydrogen) atoms. The lowest BCUT2D eigenvalue weighted by Crippen LogP contribution is -2.47. The summed E-state index contributed by atoms with van der Waals surface area (Å²) < 4.78 is 0. The fourth-order valence-corrected chi connectivity index (χ4v) is 2.79. The van der Waals surface area contributed by atoms with E-state index >= 15 is 0 Å². The fourth-order valence-electron chi connectivity index (χ4n) is 2.79. The largest absolute Gasteiger partial charge is 0.355 e. The zero-order valence-electron chi connectivity index (χ0n) is 11.4. The first-order valence-corrected chi connectivity index (χ1v) is 6.98. The highest BCUT2D eigenvalue weighted by atomic mass is 16.2. The van der Waals surface area contributed by atoms with Crippen LogP contribution in [0.1, 0.15) is 46.5 Å². The van der Waals surface area contributed by atoms with Crippen LogP contribution in [-0.2, 0) is 4.79 Å². The maximum absolute atomic E-state index is 12.3. The molecule has 0 aromatic carbocycles. The molecule has 2 rings (SSSR count). The summed E-state index contributed by atoms with van der Waals surface area (Å²) in [4.78, 5) is 12.3. The third kappa shape index (κ3) is 2.65. The van der Waals surface area contributed by atoms with Gasteiger partial charge < -0.3 is 10.6 Å². The molecule has 1 aliphatic heterocycles. The second-order valence-electron chi connectivity index (χ2n) is 6.51. The Morgan fingerprint density at radius 2 is 1.82 bits per heavy atom. The second-order valence-corrected chi connectivity index (χ2v) is 6.51. The molecule has 98 valence electrons. The molecule has 2 aliphatic rings. The van der Waals surface area contributed by atoms with Gasteiger partial charge >= 0.3 is 0 Å². The number of carbonyl (C=O) groups is 1. The summed E-state index contributed by atoms with van der Waals surface area (Å²) in [6.07, 6.45) is 4.49. The van der Waals surface area contributed by atoms with E-state index in [4.69, 9.17) is 0 Å². The molecule has 0 aromatic heterocycles. The van der Waals surface area contributed by atoms with Gasteiger partial charge in [0.05, 0.1) is 0 Å². The Balaban J connectivity index is 1.85. The van der Waals surface area contributed by atoms with Crippen LogP contribution in [0.5, 0.6) is 0 Å². The zero-order valence-corrected chi connectivity index (χ0v) is 11.4. The number of rotatable bonds is 4. The lowest BCUT2D eigenvalue weighted by atomic mass is 9.80. The number of hydrogen-bond acceptors (Lipinski definition) is 2. The molecule has 1 aliphatic carbocycles. The van der Waals surface area contributed by atoms with Crippen LogP contribution in [0.25, 0.3) is 0 Å². The van der Waals surface area contributed by atoms with Crippen molar-refractivity contribution in [3.8, 4) is 0 Å². The molecule has 1 amide bonds. The molecule has 1 saturated heterocycles. The van der Waals surface area contributed by atoms with E-state index in [2.05, 4.69) is 31.4 Å². The van der Waals surface area contributed by atoms with Gasteiger partial charge in [-0.3, -0.25) is 4.79 Å².